The number of carbonyl (C=O) groups is 1. The maximum atomic E-state index is 10.8. The molecule has 18 heavy (non-hydrogen) atoms. The van der Waals surface area contributed by atoms with Crippen LogP contribution in [0.15, 0.2) is 22.7 Å². The molecular weight excluding hydrogens is 290 g/mol. The van der Waals surface area contributed by atoms with E-state index in [1.54, 1.807) is 0 Å². The maximum absolute atomic E-state index is 10.8. The monoisotopic (exact) mass is 311 g/mol. The van der Waals surface area contributed by atoms with Gasteiger partial charge in [-0.15, -0.1) is 0 Å². The first kappa shape index (κ1) is 15.2. The third kappa shape index (κ3) is 4.13. The molecule has 0 aliphatic carbocycles. The molecule has 0 spiro atoms. The van der Waals surface area contributed by atoms with Gasteiger partial charge in [-0.2, -0.15) is 0 Å². The van der Waals surface area contributed by atoms with E-state index in [-0.39, 0.29) is 0 Å². The summed E-state index contributed by atoms with van der Waals surface area (Å²) < 4.78 is 0.997. The largest absolute Gasteiger partial charge is 0.368 e. The van der Waals surface area contributed by atoms with E-state index < -0.39 is 0 Å². The van der Waals surface area contributed by atoms with Crippen molar-refractivity contribution in [1.29, 1.82) is 0 Å². The molecule has 3 heteroatoms. The van der Waals surface area contributed by atoms with E-state index in [9.17, 15) is 4.79 Å². The molecule has 0 N–H and O–H groups in total. The first-order valence-corrected chi connectivity index (χ1v) is 7.40. The van der Waals surface area contributed by atoms with Gasteiger partial charge in [0, 0.05) is 22.6 Å². The van der Waals surface area contributed by atoms with Gasteiger partial charge in [0.05, 0.1) is 5.69 Å². The molecule has 0 atom stereocenters. The van der Waals surface area contributed by atoms with Gasteiger partial charge in [0.25, 0.3) is 0 Å². The van der Waals surface area contributed by atoms with Crippen LogP contribution in [0.5, 0.6) is 0 Å². The second-order valence-electron chi connectivity index (χ2n) is 4.82. The summed E-state index contributed by atoms with van der Waals surface area (Å²) in [4.78, 5) is 13.1. The van der Waals surface area contributed by atoms with Crippen LogP contribution in [0, 0.1) is 0 Å². The third-order valence-electron chi connectivity index (χ3n) is 3.04. The number of nitrogens with zero attached hydrogens (tertiary/aromatic N) is 1. The zero-order valence-electron chi connectivity index (χ0n) is 11.4. The number of carbonyl (C=O) groups excluding carboxylic acids is 1. The fraction of sp³-hybridized carbons (Fsp3) is 0.533. The van der Waals surface area contributed by atoms with Gasteiger partial charge in [-0.05, 0) is 54.4 Å². The van der Waals surface area contributed by atoms with E-state index in [2.05, 4.69) is 41.6 Å². The lowest BCUT2D eigenvalue weighted by Gasteiger charge is -2.30. The van der Waals surface area contributed by atoms with Crippen LogP contribution >= 0.6 is 15.9 Å². The van der Waals surface area contributed by atoms with Crippen molar-refractivity contribution in [1.82, 2.24) is 0 Å². The maximum Gasteiger partial charge on any atom is 0.150 e. The number of hydrogen-bond acceptors (Lipinski definition) is 2. The highest BCUT2D eigenvalue weighted by Crippen LogP contribution is 2.28. The fourth-order valence-electron chi connectivity index (χ4n) is 2.02. The molecule has 0 heterocycles. The molecular formula is C15H22BrNO. The van der Waals surface area contributed by atoms with Crippen LogP contribution in [0.2, 0.25) is 0 Å². The minimum atomic E-state index is 0.459. The van der Waals surface area contributed by atoms with Gasteiger partial charge >= 0.3 is 0 Å². The van der Waals surface area contributed by atoms with Gasteiger partial charge in [-0.1, -0.05) is 19.8 Å². The smallest absolute Gasteiger partial charge is 0.150 e. The zero-order chi connectivity index (χ0) is 13.5. The fourth-order valence-corrected chi connectivity index (χ4v) is 2.64. The number of halogens is 1. The van der Waals surface area contributed by atoms with Gasteiger partial charge in [0.15, 0.2) is 0 Å². The first-order chi connectivity index (χ1) is 8.60. The highest BCUT2D eigenvalue weighted by atomic mass is 79.9. The van der Waals surface area contributed by atoms with Crippen molar-refractivity contribution >= 4 is 27.9 Å². The van der Waals surface area contributed by atoms with Crippen molar-refractivity contribution in [3.8, 4) is 0 Å². The highest BCUT2D eigenvalue weighted by Gasteiger charge is 2.13. The van der Waals surface area contributed by atoms with Gasteiger partial charge in [0.2, 0.25) is 0 Å². The number of aldehydes is 1. The second kappa shape index (κ2) is 7.57. The summed E-state index contributed by atoms with van der Waals surface area (Å²) in [6, 6.07) is 6.25. The molecule has 0 fully saturated rings. The van der Waals surface area contributed by atoms with Crippen molar-refractivity contribution < 1.29 is 4.79 Å². The minimum absolute atomic E-state index is 0.459. The SMILES string of the molecule is CCCCCN(c1ccc(C=O)cc1Br)C(C)C. The zero-order valence-corrected chi connectivity index (χ0v) is 13.0. The molecule has 100 valence electrons. The Balaban J connectivity index is 2.88. The molecule has 1 rings (SSSR count). The van der Waals surface area contributed by atoms with Gasteiger partial charge < -0.3 is 4.90 Å². The molecule has 0 radical (unpaired) electrons. The summed E-state index contributed by atoms with van der Waals surface area (Å²) in [5, 5.41) is 0. The van der Waals surface area contributed by atoms with Crippen LogP contribution < -0.4 is 4.90 Å². The van der Waals surface area contributed by atoms with Crippen molar-refractivity contribution in [3.63, 3.8) is 0 Å². The molecule has 0 aliphatic heterocycles. The van der Waals surface area contributed by atoms with E-state index >= 15 is 0 Å². The Bertz CT molecular complexity index is 390. The van der Waals surface area contributed by atoms with Crippen molar-refractivity contribution in [3.05, 3.63) is 28.2 Å². The van der Waals surface area contributed by atoms with Crippen LogP contribution in [0.3, 0.4) is 0 Å². The molecule has 0 aliphatic rings. The summed E-state index contributed by atoms with van der Waals surface area (Å²) in [6.45, 7) is 7.68. The lowest BCUT2D eigenvalue weighted by Crippen LogP contribution is -2.32. The molecule has 0 saturated carbocycles. The topological polar surface area (TPSA) is 20.3 Å². The Morgan fingerprint density at radius 3 is 2.56 bits per heavy atom. The van der Waals surface area contributed by atoms with E-state index in [1.165, 1.54) is 24.9 Å². The number of hydrogen-bond donors (Lipinski definition) is 0. The quantitative estimate of drug-likeness (QED) is 0.539. The normalized spacial score (nSPS) is 10.7. The Morgan fingerprint density at radius 1 is 1.33 bits per heavy atom. The van der Waals surface area contributed by atoms with E-state index in [0.29, 0.717) is 11.6 Å². The van der Waals surface area contributed by atoms with Crippen LogP contribution in [-0.4, -0.2) is 18.9 Å². The molecule has 1 aromatic carbocycles. The summed E-state index contributed by atoms with van der Waals surface area (Å²) in [5.41, 5.74) is 1.88. The Hall–Kier alpha value is -0.830. The van der Waals surface area contributed by atoms with Gasteiger partial charge in [0.1, 0.15) is 6.29 Å². The van der Waals surface area contributed by atoms with Gasteiger partial charge in [-0.3, -0.25) is 4.79 Å². The predicted molar refractivity (Wildman–Crippen MR) is 81.5 cm³/mol. The van der Waals surface area contributed by atoms with Crippen molar-refractivity contribution in [2.24, 2.45) is 0 Å². The number of benzene rings is 1. The van der Waals surface area contributed by atoms with E-state index in [0.717, 1.165) is 17.3 Å². The molecule has 0 saturated heterocycles. The lowest BCUT2D eigenvalue weighted by molar-refractivity contribution is 0.112. The summed E-state index contributed by atoms with van der Waals surface area (Å²) in [7, 11) is 0. The Morgan fingerprint density at radius 2 is 2.06 bits per heavy atom. The highest BCUT2D eigenvalue weighted by molar-refractivity contribution is 9.10. The van der Waals surface area contributed by atoms with Gasteiger partial charge in [-0.25, -0.2) is 0 Å². The van der Waals surface area contributed by atoms with Crippen LogP contribution in [0.1, 0.15) is 50.4 Å². The molecule has 0 unspecified atom stereocenters. The lowest BCUT2D eigenvalue weighted by atomic mass is 10.1. The third-order valence-corrected chi connectivity index (χ3v) is 3.68. The van der Waals surface area contributed by atoms with Crippen LogP contribution in [0.4, 0.5) is 5.69 Å². The molecule has 1 aromatic rings. The summed E-state index contributed by atoms with van der Waals surface area (Å²) in [6.07, 6.45) is 4.58. The predicted octanol–water partition coefficient (Wildman–Crippen LogP) is 4.67. The Kier molecular flexibility index (Phi) is 6.41. The summed E-state index contributed by atoms with van der Waals surface area (Å²) in [5.74, 6) is 0. The molecule has 0 aromatic heterocycles. The number of anilines is 1. The molecule has 0 bridgehead atoms. The standard InChI is InChI=1S/C15H22BrNO/c1-4-5-6-9-17(12(2)3)15-8-7-13(11-18)10-14(15)16/h7-8,10-12H,4-6,9H2,1-3H3. The number of unbranched alkanes of at least 4 members (excludes halogenated alkanes) is 2. The van der Waals surface area contributed by atoms with Crippen molar-refractivity contribution in [2.45, 2.75) is 46.1 Å². The van der Waals surface area contributed by atoms with Crippen LogP contribution in [0.25, 0.3) is 0 Å². The minimum Gasteiger partial charge on any atom is -0.368 e. The average Bonchev–Trinajstić information content (AvgIpc) is 2.35. The first-order valence-electron chi connectivity index (χ1n) is 6.61. The Labute approximate surface area is 119 Å². The molecule has 0 amide bonds. The van der Waals surface area contributed by atoms with Crippen molar-refractivity contribution in [2.75, 3.05) is 11.4 Å². The second-order valence-corrected chi connectivity index (χ2v) is 5.68. The average molecular weight is 312 g/mol. The van der Waals surface area contributed by atoms with Crippen LogP contribution in [-0.2, 0) is 0 Å². The molecule has 2 nitrogen and oxygen atoms in total. The van der Waals surface area contributed by atoms with E-state index in [4.69, 9.17) is 0 Å². The van der Waals surface area contributed by atoms with E-state index in [1.807, 2.05) is 18.2 Å². The summed E-state index contributed by atoms with van der Waals surface area (Å²) >= 11 is 3.57. The number of rotatable bonds is 7.